The Kier molecular flexibility index (Phi) is 3.87. The van der Waals surface area contributed by atoms with Gasteiger partial charge in [0.15, 0.2) is 0 Å². The zero-order valence-electron chi connectivity index (χ0n) is 15.1. The molecule has 138 valence electrons. The van der Waals surface area contributed by atoms with Crippen molar-refractivity contribution >= 4 is 16.8 Å². The molecule has 1 amide bonds. The van der Waals surface area contributed by atoms with Crippen molar-refractivity contribution in [3.63, 3.8) is 0 Å². The molecule has 5 rings (SSSR count). The second-order valence-corrected chi connectivity index (χ2v) is 6.78. The average Bonchev–Trinajstić information content (AvgIpc) is 3.34. The highest BCUT2D eigenvalue weighted by molar-refractivity contribution is 6.03. The van der Waals surface area contributed by atoms with Gasteiger partial charge in [-0.3, -0.25) is 24.9 Å². The number of hydrogen-bond donors (Lipinski definition) is 2. The zero-order valence-corrected chi connectivity index (χ0v) is 15.1. The fourth-order valence-electron chi connectivity index (χ4n) is 3.89. The molecule has 0 atom stereocenters. The first-order valence-corrected chi connectivity index (χ1v) is 9.17. The number of nitrogen functional groups attached to an aromatic ring is 1. The highest BCUT2D eigenvalue weighted by Gasteiger charge is 2.25. The molecule has 28 heavy (non-hydrogen) atoms. The average molecular weight is 370 g/mol. The van der Waals surface area contributed by atoms with Crippen LogP contribution in [0.5, 0.6) is 0 Å². The van der Waals surface area contributed by atoms with Crippen LogP contribution in [0, 0.1) is 0 Å². The summed E-state index contributed by atoms with van der Waals surface area (Å²) < 4.78 is 2.07. The van der Waals surface area contributed by atoms with E-state index < -0.39 is 0 Å². The third-order valence-electron chi connectivity index (χ3n) is 5.15. The Morgan fingerprint density at radius 3 is 2.86 bits per heavy atom. The van der Waals surface area contributed by atoms with Crippen molar-refractivity contribution in [2.75, 3.05) is 0 Å². The van der Waals surface area contributed by atoms with Crippen LogP contribution in [-0.2, 0) is 13.0 Å². The van der Waals surface area contributed by atoms with Crippen molar-refractivity contribution in [3.05, 3.63) is 66.1 Å². The maximum atomic E-state index is 12.0. The number of hydrogen-bond acceptors (Lipinski definition) is 5. The SMILES string of the molecule is NNC(=O)c1ccc2nccc(-c3c(-c4ccccn4)nn4c3CCC4)c2c1. The van der Waals surface area contributed by atoms with E-state index in [4.69, 9.17) is 10.9 Å². The van der Waals surface area contributed by atoms with E-state index in [2.05, 4.69) is 20.1 Å². The lowest BCUT2D eigenvalue weighted by molar-refractivity contribution is 0.0954. The van der Waals surface area contributed by atoms with Gasteiger partial charge in [-0.25, -0.2) is 5.84 Å². The maximum absolute atomic E-state index is 12.0. The molecule has 1 aromatic carbocycles. The second-order valence-electron chi connectivity index (χ2n) is 6.78. The quantitative estimate of drug-likeness (QED) is 0.328. The van der Waals surface area contributed by atoms with Gasteiger partial charge < -0.3 is 0 Å². The number of aromatic nitrogens is 4. The minimum absolute atomic E-state index is 0.332. The Morgan fingerprint density at radius 2 is 2.04 bits per heavy atom. The van der Waals surface area contributed by atoms with Gasteiger partial charge in [-0.1, -0.05) is 6.07 Å². The molecule has 0 fully saturated rings. The monoisotopic (exact) mass is 370 g/mol. The molecule has 1 aliphatic heterocycles. The molecule has 0 aliphatic carbocycles. The number of fused-ring (bicyclic) bond motifs is 2. The molecule has 0 radical (unpaired) electrons. The molecule has 0 unspecified atom stereocenters. The maximum Gasteiger partial charge on any atom is 0.265 e. The van der Waals surface area contributed by atoms with Crippen molar-refractivity contribution in [3.8, 4) is 22.5 Å². The number of hydrazine groups is 1. The first-order chi connectivity index (χ1) is 13.8. The first kappa shape index (κ1) is 16.6. The van der Waals surface area contributed by atoms with Crippen molar-refractivity contribution in [2.24, 2.45) is 5.84 Å². The molecular weight excluding hydrogens is 352 g/mol. The number of benzene rings is 1. The number of nitrogens with two attached hydrogens (primary N) is 1. The summed E-state index contributed by atoms with van der Waals surface area (Å²) in [5, 5.41) is 5.74. The van der Waals surface area contributed by atoms with E-state index in [1.54, 1.807) is 18.5 Å². The van der Waals surface area contributed by atoms with Crippen LogP contribution < -0.4 is 11.3 Å². The highest BCUT2D eigenvalue weighted by atomic mass is 16.2. The largest absolute Gasteiger partial charge is 0.290 e. The van der Waals surface area contributed by atoms with E-state index in [1.807, 2.05) is 36.4 Å². The summed E-state index contributed by atoms with van der Waals surface area (Å²) in [6.07, 6.45) is 5.60. The van der Waals surface area contributed by atoms with E-state index in [9.17, 15) is 4.79 Å². The number of amides is 1. The van der Waals surface area contributed by atoms with Crippen LogP contribution in [0.2, 0.25) is 0 Å². The van der Waals surface area contributed by atoms with Crippen molar-refractivity contribution in [1.29, 1.82) is 0 Å². The van der Waals surface area contributed by atoms with Crippen LogP contribution in [0.1, 0.15) is 22.5 Å². The van der Waals surface area contributed by atoms with Crippen LogP contribution in [0.4, 0.5) is 0 Å². The number of pyridine rings is 2. The van der Waals surface area contributed by atoms with Gasteiger partial charge in [-0.15, -0.1) is 0 Å². The molecule has 0 saturated heterocycles. The van der Waals surface area contributed by atoms with Gasteiger partial charge in [0, 0.05) is 41.1 Å². The van der Waals surface area contributed by atoms with E-state index in [0.29, 0.717) is 5.56 Å². The van der Waals surface area contributed by atoms with E-state index in [-0.39, 0.29) is 5.91 Å². The van der Waals surface area contributed by atoms with Gasteiger partial charge in [0.05, 0.1) is 11.2 Å². The summed E-state index contributed by atoms with van der Waals surface area (Å²) in [4.78, 5) is 21.0. The normalized spacial score (nSPS) is 12.9. The molecule has 3 aromatic heterocycles. The summed E-state index contributed by atoms with van der Waals surface area (Å²) in [7, 11) is 0. The lowest BCUT2D eigenvalue weighted by Gasteiger charge is -2.10. The van der Waals surface area contributed by atoms with Crippen LogP contribution >= 0.6 is 0 Å². The van der Waals surface area contributed by atoms with Gasteiger partial charge in [0.2, 0.25) is 0 Å². The van der Waals surface area contributed by atoms with E-state index in [0.717, 1.165) is 52.8 Å². The minimum Gasteiger partial charge on any atom is -0.290 e. The Bertz CT molecular complexity index is 1200. The van der Waals surface area contributed by atoms with E-state index >= 15 is 0 Å². The fraction of sp³-hybridized carbons (Fsp3) is 0.143. The molecule has 1 aliphatic rings. The fourth-order valence-corrected chi connectivity index (χ4v) is 3.89. The summed E-state index contributed by atoms with van der Waals surface area (Å²) in [5.41, 5.74) is 8.45. The van der Waals surface area contributed by atoms with Crippen LogP contribution in [-0.4, -0.2) is 25.7 Å². The van der Waals surface area contributed by atoms with Gasteiger partial charge in [-0.05, 0) is 54.8 Å². The standard InChI is InChI=1S/C21H18N6O/c22-25-21(28)13-6-7-16-15(12-13)14(8-10-24-16)19-18-5-3-11-27(18)26-20(19)17-4-1-2-9-23-17/h1-2,4,6-10,12H,3,5,11,22H2,(H,25,28). The Balaban J connectivity index is 1.80. The Morgan fingerprint density at radius 1 is 1.11 bits per heavy atom. The minimum atomic E-state index is -0.332. The van der Waals surface area contributed by atoms with Gasteiger partial charge in [-0.2, -0.15) is 5.10 Å². The van der Waals surface area contributed by atoms with Crippen LogP contribution in [0.3, 0.4) is 0 Å². The molecular formula is C21H18N6O. The zero-order chi connectivity index (χ0) is 19.1. The van der Waals surface area contributed by atoms with Gasteiger partial charge in [0.25, 0.3) is 5.91 Å². The number of aryl methyl sites for hydroxylation is 1. The molecule has 4 heterocycles. The number of carbonyl (C=O) groups excluding carboxylic acids is 1. The van der Waals surface area contributed by atoms with Gasteiger partial charge >= 0.3 is 0 Å². The third kappa shape index (κ3) is 2.56. The predicted octanol–water partition coefficient (Wildman–Crippen LogP) is 2.71. The van der Waals surface area contributed by atoms with Crippen molar-refractivity contribution in [2.45, 2.75) is 19.4 Å². The third-order valence-corrected chi connectivity index (χ3v) is 5.15. The molecule has 3 N–H and O–H groups in total. The molecule has 0 bridgehead atoms. The lowest BCUT2D eigenvalue weighted by Crippen LogP contribution is -2.29. The number of carbonyl (C=O) groups is 1. The molecule has 7 nitrogen and oxygen atoms in total. The van der Waals surface area contributed by atoms with Gasteiger partial charge in [0.1, 0.15) is 5.69 Å². The second kappa shape index (κ2) is 6.54. The summed E-state index contributed by atoms with van der Waals surface area (Å²) in [5.74, 6) is 4.99. The van der Waals surface area contributed by atoms with Crippen LogP contribution in [0.25, 0.3) is 33.4 Å². The topological polar surface area (TPSA) is 98.7 Å². The molecule has 0 saturated carbocycles. The predicted molar refractivity (Wildman–Crippen MR) is 106 cm³/mol. The smallest absolute Gasteiger partial charge is 0.265 e. The highest BCUT2D eigenvalue weighted by Crippen LogP contribution is 2.39. The number of nitrogens with one attached hydrogen (secondary N) is 1. The van der Waals surface area contributed by atoms with Crippen LogP contribution in [0.15, 0.2) is 54.9 Å². The molecule has 7 heteroatoms. The number of nitrogens with zero attached hydrogens (tertiary/aromatic N) is 4. The first-order valence-electron chi connectivity index (χ1n) is 9.17. The summed E-state index contributed by atoms with van der Waals surface area (Å²) in [6, 6.07) is 13.2. The summed E-state index contributed by atoms with van der Waals surface area (Å²) in [6.45, 7) is 0.902. The Labute approximate surface area is 161 Å². The number of rotatable bonds is 3. The lowest BCUT2D eigenvalue weighted by atomic mass is 9.95. The molecule has 4 aromatic rings. The van der Waals surface area contributed by atoms with Crippen molar-refractivity contribution < 1.29 is 4.79 Å². The summed E-state index contributed by atoms with van der Waals surface area (Å²) >= 11 is 0. The van der Waals surface area contributed by atoms with E-state index in [1.165, 1.54) is 5.69 Å². The van der Waals surface area contributed by atoms with Crippen molar-refractivity contribution in [1.82, 2.24) is 25.2 Å². The molecule has 0 spiro atoms. The Hall–Kier alpha value is -3.58.